The first-order chi connectivity index (χ1) is 9.68. The Hall–Kier alpha value is -0.870. The zero-order valence-electron chi connectivity index (χ0n) is 12.3. The highest BCUT2D eigenvalue weighted by Gasteiger charge is 2.43. The fourth-order valence-corrected chi connectivity index (χ4v) is 4.43. The molecule has 2 fully saturated rings. The Balaban J connectivity index is 1.88. The molecule has 4 atom stereocenters. The average molecular weight is 292 g/mol. The highest BCUT2D eigenvalue weighted by atomic mass is 32.1. The van der Waals surface area contributed by atoms with Crippen LogP contribution in [0.1, 0.15) is 57.0 Å². The van der Waals surface area contributed by atoms with Crippen LogP contribution in [0.4, 0.5) is 0 Å². The van der Waals surface area contributed by atoms with Gasteiger partial charge >= 0.3 is 0 Å². The van der Waals surface area contributed by atoms with Crippen molar-refractivity contribution >= 4 is 17.2 Å². The summed E-state index contributed by atoms with van der Waals surface area (Å²) >= 11 is 1.74. The van der Waals surface area contributed by atoms with Gasteiger partial charge < -0.3 is 4.90 Å². The Bertz CT molecular complexity index is 459. The topological polar surface area (TPSA) is 32.3 Å². The van der Waals surface area contributed by atoms with Gasteiger partial charge in [0.25, 0.3) is 0 Å². The van der Waals surface area contributed by atoms with Gasteiger partial charge in [0, 0.05) is 10.9 Å². The molecular formula is C16H24N2OS. The summed E-state index contributed by atoms with van der Waals surface area (Å²) in [5, 5.41) is 5.58. The van der Waals surface area contributed by atoms with Crippen LogP contribution in [-0.2, 0) is 4.79 Å². The van der Waals surface area contributed by atoms with Gasteiger partial charge in [0.05, 0.1) is 6.04 Å². The van der Waals surface area contributed by atoms with Gasteiger partial charge in [-0.1, -0.05) is 32.3 Å². The van der Waals surface area contributed by atoms with Crippen LogP contribution in [0.5, 0.6) is 0 Å². The summed E-state index contributed by atoms with van der Waals surface area (Å²) in [6.45, 7) is 4.31. The van der Waals surface area contributed by atoms with Crippen LogP contribution in [0, 0.1) is 5.92 Å². The summed E-state index contributed by atoms with van der Waals surface area (Å²) in [6, 6.07) is 4.55. The molecule has 4 heteroatoms. The molecule has 110 valence electrons. The maximum atomic E-state index is 12.6. The zero-order chi connectivity index (χ0) is 14.1. The standard InChI is InChI=1S/C16H24N2OS/c1-11-7-4-3-5-8-13(11)18-15(14-9-6-10-20-14)17-12(2)16(18)19/h6,9-13,15,17H,3-5,7-8H2,1-2H3. The van der Waals surface area contributed by atoms with E-state index in [2.05, 4.69) is 34.7 Å². The largest absolute Gasteiger partial charge is 0.317 e. The second-order valence-electron chi connectivity index (χ2n) is 6.23. The third-order valence-electron chi connectivity index (χ3n) is 4.80. The van der Waals surface area contributed by atoms with Crippen molar-refractivity contribution in [3.63, 3.8) is 0 Å². The minimum atomic E-state index is -0.0578. The van der Waals surface area contributed by atoms with Gasteiger partial charge in [0.1, 0.15) is 6.17 Å². The van der Waals surface area contributed by atoms with Crippen LogP contribution in [0.2, 0.25) is 0 Å². The molecule has 1 saturated heterocycles. The summed E-state index contributed by atoms with van der Waals surface area (Å²) < 4.78 is 0. The highest BCUT2D eigenvalue weighted by Crippen LogP contribution is 2.36. The van der Waals surface area contributed by atoms with Crippen molar-refractivity contribution in [1.29, 1.82) is 0 Å². The van der Waals surface area contributed by atoms with E-state index in [9.17, 15) is 4.79 Å². The van der Waals surface area contributed by atoms with Crippen molar-refractivity contribution in [3.8, 4) is 0 Å². The van der Waals surface area contributed by atoms with Crippen molar-refractivity contribution in [2.45, 2.75) is 64.2 Å². The molecule has 2 heterocycles. The van der Waals surface area contributed by atoms with Gasteiger partial charge in [-0.25, -0.2) is 0 Å². The monoisotopic (exact) mass is 292 g/mol. The summed E-state index contributed by atoms with van der Waals surface area (Å²) in [6.07, 6.45) is 6.37. The lowest BCUT2D eigenvalue weighted by molar-refractivity contribution is -0.133. The molecule has 3 nitrogen and oxygen atoms in total. The second-order valence-corrected chi connectivity index (χ2v) is 7.21. The molecule has 0 spiro atoms. The first kappa shape index (κ1) is 14.1. The van der Waals surface area contributed by atoms with E-state index < -0.39 is 0 Å². The third-order valence-corrected chi connectivity index (χ3v) is 5.72. The van der Waals surface area contributed by atoms with Crippen LogP contribution in [0.15, 0.2) is 17.5 Å². The predicted octanol–water partition coefficient (Wildman–Crippen LogP) is 3.54. The molecule has 1 amide bonds. The van der Waals surface area contributed by atoms with Gasteiger partial charge in [-0.15, -0.1) is 11.3 Å². The molecule has 2 aliphatic rings. The first-order valence-corrected chi connectivity index (χ1v) is 8.68. The number of nitrogens with zero attached hydrogens (tertiary/aromatic N) is 1. The van der Waals surface area contributed by atoms with Gasteiger partial charge in [0.15, 0.2) is 0 Å². The van der Waals surface area contributed by atoms with E-state index in [0.29, 0.717) is 12.0 Å². The van der Waals surface area contributed by atoms with Gasteiger partial charge in [-0.2, -0.15) is 0 Å². The van der Waals surface area contributed by atoms with Gasteiger partial charge in [-0.05, 0) is 37.1 Å². The fraction of sp³-hybridized carbons (Fsp3) is 0.688. The van der Waals surface area contributed by atoms with E-state index >= 15 is 0 Å². The summed E-state index contributed by atoms with van der Waals surface area (Å²) in [7, 11) is 0. The average Bonchev–Trinajstić information content (AvgIpc) is 2.99. The van der Waals surface area contributed by atoms with E-state index in [4.69, 9.17) is 0 Å². The number of carbonyl (C=O) groups excluding carboxylic acids is 1. The number of rotatable bonds is 2. The van der Waals surface area contributed by atoms with Gasteiger partial charge in [0.2, 0.25) is 5.91 Å². The number of hydrogen-bond acceptors (Lipinski definition) is 3. The van der Waals surface area contributed by atoms with Crippen molar-refractivity contribution in [2.75, 3.05) is 0 Å². The Morgan fingerprint density at radius 2 is 2.05 bits per heavy atom. The number of thiophene rings is 1. The summed E-state index contributed by atoms with van der Waals surface area (Å²) in [5.74, 6) is 0.887. The van der Waals surface area contributed by atoms with Crippen LogP contribution in [-0.4, -0.2) is 22.9 Å². The smallest absolute Gasteiger partial charge is 0.241 e. The van der Waals surface area contributed by atoms with Crippen molar-refractivity contribution in [3.05, 3.63) is 22.4 Å². The fourth-order valence-electron chi connectivity index (χ4n) is 3.65. The van der Waals surface area contributed by atoms with Crippen LogP contribution < -0.4 is 5.32 Å². The summed E-state index contributed by atoms with van der Waals surface area (Å²) in [4.78, 5) is 16.1. The number of carbonyl (C=O) groups is 1. The van der Waals surface area contributed by atoms with Crippen LogP contribution in [0.3, 0.4) is 0 Å². The van der Waals surface area contributed by atoms with Crippen molar-refractivity contribution in [2.24, 2.45) is 5.92 Å². The van der Waals surface area contributed by atoms with E-state index in [1.807, 2.05) is 6.92 Å². The molecule has 1 aliphatic carbocycles. The lowest BCUT2D eigenvalue weighted by Crippen LogP contribution is -2.43. The quantitative estimate of drug-likeness (QED) is 0.846. The SMILES string of the molecule is CC1NC(c2cccs2)N(C2CCCCCC2C)C1=O. The van der Waals surface area contributed by atoms with Crippen molar-refractivity contribution < 1.29 is 4.79 Å². The molecule has 1 aromatic heterocycles. The van der Waals surface area contributed by atoms with Crippen LogP contribution in [0.25, 0.3) is 0 Å². The maximum absolute atomic E-state index is 12.6. The molecule has 0 bridgehead atoms. The Labute approximate surface area is 125 Å². The third kappa shape index (κ3) is 2.51. The molecule has 20 heavy (non-hydrogen) atoms. The minimum Gasteiger partial charge on any atom is -0.317 e. The minimum absolute atomic E-state index is 0.0578. The molecule has 0 radical (unpaired) electrons. The Morgan fingerprint density at radius 3 is 2.80 bits per heavy atom. The lowest BCUT2D eigenvalue weighted by atomic mass is 9.95. The lowest BCUT2D eigenvalue weighted by Gasteiger charge is -2.35. The first-order valence-electron chi connectivity index (χ1n) is 7.80. The van der Waals surface area contributed by atoms with E-state index in [1.54, 1.807) is 11.3 Å². The van der Waals surface area contributed by atoms with Crippen LogP contribution >= 0.6 is 11.3 Å². The Kier molecular flexibility index (Phi) is 4.13. The number of hydrogen-bond donors (Lipinski definition) is 1. The molecule has 0 aromatic carbocycles. The van der Waals surface area contributed by atoms with E-state index in [1.165, 1.54) is 30.6 Å². The zero-order valence-corrected chi connectivity index (χ0v) is 13.2. The van der Waals surface area contributed by atoms with Crippen molar-refractivity contribution in [1.82, 2.24) is 10.2 Å². The number of amides is 1. The predicted molar refractivity (Wildman–Crippen MR) is 82.5 cm³/mol. The molecule has 1 aromatic rings. The second kappa shape index (κ2) is 5.86. The molecule has 3 rings (SSSR count). The molecular weight excluding hydrogens is 268 g/mol. The molecule has 1 aliphatic heterocycles. The molecule has 1 N–H and O–H groups in total. The summed E-state index contributed by atoms with van der Waals surface area (Å²) in [5.41, 5.74) is 0. The highest BCUT2D eigenvalue weighted by molar-refractivity contribution is 7.10. The molecule has 4 unspecified atom stereocenters. The number of nitrogens with one attached hydrogen (secondary N) is 1. The van der Waals surface area contributed by atoms with E-state index in [-0.39, 0.29) is 18.1 Å². The molecule has 1 saturated carbocycles. The van der Waals surface area contributed by atoms with Gasteiger partial charge in [-0.3, -0.25) is 10.1 Å². The van der Waals surface area contributed by atoms with E-state index in [0.717, 1.165) is 6.42 Å². The maximum Gasteiger partial charge on any atom is 0.241 e. The Morgan fingerprint density at radius 1 is 1.25 bits per heavy atom. The normalized spacial score (nSPS) is 35.3.